The van der Waals surface area contributed by atoms with Crippen LogP contribution < -0.4 is 15.8 Å². The van der Waals surface area contributed by atoms with Gasteiger partial charge in [0.15, 0.2) is 0 Å². The highest BCUT2D eigenvalue weighted by Crippen LogP contribution is 2.15. The molecule has 0 aromatic carbocycles. The Hall–Kier alpha value is -1.62. The van der Waals surface area contributed by atoms with Crippen LogP contribution >= 0.6 is 0 Å². The van der Waals surface area contributed by atoms with Gasteiger partial charge in [-0.05, 0) is 26.3 Å². The monoisotopic (exact) mass is 237 g/mol. The Morgan fingerprint density at radius 2 is 2.29 bits per heavy atom. The maximum atomic E-state index is 12.0. The Balaban J connectivity index is 2.69. The van der Waals surface area contributed by atoms with Crippen LogP contribution in [-0.2, 0) is 0 Å². The first kappa shape index (κ1) is 13.4. The summed E-state index contributed by atoms with van der Waals surface area (Å²) in [6.07, 6.45) is 3.82. The third-order valence-corrected chi connectivity index (χ3v) is 2.35. The molecular weight excluding hydrogens is 218 g/mol. The molecule has 1 amide bonds. The van der Waals surface area contributed by atoms with Crippen molar-refractivity contribution in [3.05, 3.63) is 24.0 Å². The van der Waals surface area contributed by atoms with Crippen molar-refractivity contribution < 1.29 is 9.53 Å². The predicted molar refractivity (Wildman–Crippen MR) is 66.0 cm³/mol. The number of ether oxygens (including phenoxy) is 1. The van der Waals surface area contributed by atoms with Crippen LogP contribution in [0.1, 0.15) is 30.6 Å². The molecule has 94 valence electrons. The Morgan fingerprint density at radius 3 is 2.88 bits per heavy atom. The van der Waals surface area contributed by atoms with Gasteiger partial charge >= 0.3 is 0 Å². The van der Waals surface area contributed by atoms with Gasteiger partial charge in [0, 0.05) is 18.3 Å². The minimum absolute atomic E-state index is 0.0281. The second kappa shape index (κ2) is 6.20. The molecule has 0 aliphatic heterocycles. The third kappa shape index (κ3) is 4.03. The molecule has 0 saturated heterocycles. The summed E-state index contributed by atoms with van der Waals surface area (Å²) in [5.74, 6) is 0.301. The van der Waals surface area contributed by atoms with E-state index in [0.717, 1.165) is 6.42 Å². The van der Waals surface area contributed by atoms with Crippen molar-refractivity contribution in [3.63, 3.8) is 0 Å². The highest BCUT2D eigenvalue weighted by atomic mass is 16.5. The summed E-state index contributed by atoms with van der Waals surface area (Å²) >= 11 is 0. The molecule has 0 aliphatic carbocycles. The number of nitrogens with two attached hydrogens (primary N) is 1. The molecule has 1 heterocycles. The van der Waals surface area contributed by atoms with Crippen molar-refractivity contribution in [3.8, 4) is 5.75 Å². The fraction of sp³-hybridized carbons (Fsp3) is 0.500. The standard InChI is InChI=1S/C12H19N3O2/c1-8(13)6-9(2)15-12(16)10-4-5-14-7-11(10)17-3/h4-5,7-9H,6,13H2,1-3H3,(H,15,16). The second-order valence-electron chi connectivity index (χ2n) is 4.16. The number of hydrogen-bond acceptors (Lipinski definition) is 4. The molecule has 0 spiro atoms. The Labute approximate surface area is 101 Å². The van der Waals surface area contributed by atoms with E-state index in [0.29, 0.717) is 11.3 Å². The van der Waals surface area contributed by atoms with E-state index in [2.05, 4.69) is 10.3 Å². The highest BCUT2D eigenvalue weighted by molar-refractivity contribution is 5.96. The minimum Gasteiger partial charge on any atom is -0.494 e. The maximum Gasteiger partial charge on any atom is 0.255 e. The molecule has 2 unspecified atom stereocenters. The normalized spacial score (nSPS) is 13.9. The van der Waals surface area contributed by atoms with Gasteiger partial charge in [-0.3, -0.25) is 9.78 Å². The average molecular weight is 237 g/mol. The summed E-state index contributed by atoms with van der Waals surface area (Å²) in [7, 11) is 1.51. The molecule has 5 nitrogen and oxygen atoms in total. The van der Waals surface area contributed by atoms with Gasteiger partial charge in [0.1, 0.15) is 5.75 Å². The van der Waals surface area contributed by atoms with Crippen LogP contribution in [-0.4, -0.2) is 30.1 Å². The largest absolute Gasteiger partial charge is 0.494 e. The lowest BCUT2D eigenvalue weighted by atomic mass is 10.1. The molecule has 0 bridgehead atoms. The van der Waals surface area contributed by atoms with Crippen LogP contribution in [0.4, 0.5) is 0 Å². The molecule has 0 fully saturated rings. The molecular formula is C12H19N3O2. The smallest absolute Gasteiger partial charge is 0.255 e. The molecule has 1 aromatic heterocycles. The van der Waals surface area contributed by atoms with Crippen LogP contribution in [0.25, 0.3) is 0 Å². The highest BCUT2D eigenvalue weighted by Gasteiger charge is 2.14. The Kier molecular flexibility index (Phi) is 4.90. The zero-order valence-electron chi connectivity index (χ0n) is 10.4. The molecule has 1 rings (SSSR count). The van der Waals surface area contributed by atoms with Crippen LogP contribution in [0.15, 0.2) is 18.5 Å². The quantitative estimate of drug-likeness (QED) is 0.799. The molecule has 3 N–H and O–H groups in total. The Morgan fingerprint density at radius 1 is 1.59 bits per heavy atom. The van der Waals surface area contributed by atoms with Crippen molar-refractivity contribution in [1.82, 2.24) is 10.3 Å². The fourth-order valence-electron chi connectivity index (χ4n) is 1.65. The molecule has 2 atom stereocenters. The van der Waals surface area contributed by atoms with E-state index in [1.54, 1.807) is 12.3 Å². The Bertz CT molecular complexity index is 380. The number of carbonyl (C=O) groups excluding carboxylic acids is 1. The van der Waals surface area contributed by atoms with Crippen molar-refractivity contribution in [1.29, 1.82) is 0 Å². The zero-order chi connectivity index (χ0) is 12.8. The van der Waals surface area contributed by atoms with Crippen LogP contribution in [0.2, 0.25) is 0 Å². The van der Waals surface area contributed by atoms with E-state index in [9.17, 15) is 4.79 Å². The van der Waals surface area contributed by atoms with Crippen molar-refractivity contribution in [2.45, 2.75) is 32.4 Å². The topological polar surface area (TPSA) is 77.2 Å². The zero-order valence-corrected chi connectivity index (χ0v) is 10.4. The maximum absolute atomic E-state index is 12.0. The van der Waals surface area contributed by atoms with Gasteiger partial charge in [-0.1, -0.05) is 0 Å². The number of hydrogen-bond donors (Lipinski definition) is 2. The summed E-state index contributed by atoms with van der Waals surface area (Å²) in [6, 6.07) is 1.72. The molecule has 1 aromatic rings. The number of rotatable bonds is 5. The van der Waals surface area contributed by atoms with E-state index in [1.165, 1.54) is 13.3 Å². The van der Waals surface area contributed by atoms with Gasteiger partial charge in [0.2, 0.25) is 0 Å². The lowest BCUT2D eigenvalue weighted by molar-refractivity contribution is 0.0934. The number of pyridine rings is 1. The van der Waals surface area contributed by atoms with Gasteiger partial charge in [-0.25, -0.2) is 0 Å². The number of carbonyl (C=O) groups is 1. The van der Waals surface area contributed by atoms with E-state index in [-0.39, 0.29) is 18.0 Å². The number of methoxy groups -OCH3 is 1. The minimum atomic E-state index is -0.169. The van der Waals surface area contributed by atoms with Crippen LogP contribution in [0.3, 0.4) is 0 Å². The number of nitrogens with one attached hydrogen (secondary N) is 1. The van der Waals surface area contributed by atoms with Crippen LogP contribution in [0, 0.1) is 0 Å². The summed E-state index contributed by atoms with van der Waals surface area (Å²) in [5, 5.41) is 2.88. The number of nitrogens with zero attached hydrogens (tertiary/aromatic N) is 1. The van der Waals surface area contributed by atoms with Gasteiger partial charge in [0.05, 0.1) is 18.9 Å². The average Bonchev–Trinajstić information content (AvgIpc) is 2.27. The molecule has 0 aliphatic rings. The summed E-state index contributed by atoms with van der Waals surface area (Å²) in [6.45, 7) is 3.84. The summed E-state index contributed by atoms with van der Waals surface area (Å²) in [4.78, 5) is 15.9. The predicted octanol–water partition coefficient (Wildman–Crippen LogP) is 0.946. The summed E-state index contributed by atoms with van der Waals surface area (Å²) in [5.41, 5.74) is 6.16. The fourth-order valence-corrected chi connectivity index (χ4v) is 1.65. The molecule has 5 heteroatoms. The first-order valence-electron chi connectivity index (χ1n) is 5.59. The number of aromatic nitrogens is 1. The molecule has 0 radical (unpaired) electrons. The van der Waals surface area contributed by atoms with E-state index in [1.807, 2.05) is 13.8 Å². The van der Waals surface area contributed by atoms with Crippen molar-refractivity contribution >= 4 is 5.91 Å². The van der Waals surface area contributed by atoms with Crippen molar-refractivity contribution in [2.75, 3.05) is 7.11 Å². The van der Waals surface area contributed by atoms with Crippen molar-refractivity contribution in [2.24, 2.45) is 5.73 Å². The first-order valence-corrected chi connectivity index (χ1v) is 5.59. The second-order valence-corrected chi connectivity index (χ2v) is 4.16. The van der Waals surface area contributed by atoms with Gasteiger partial charge in [-0.15, -0.1) is 0 Å². The SMILES string of the molecule is COc1cnccc1C(=O)NC(C)CC(C)N. The van der Waals surface area contributed by atoms with E-state index >= 15 is 0 Å². The van der Waals surface area contributed by atoms with E-state index < -0.39 is 0 Å². The lowest BCUT2D eigenvalue weighted by Gasteiger charge is -2.16. The summed E-state index contributed by atoms with van der Waals surface area (Å²) < 4.78 is 5.08. The van der Waals surface area contributed by atoms with Gasteiger partial charge in [-0.2, -0.15) is 0 Å². The van der Waals surface area contributed by atoms with Gasteiger partial charge < -0.3 is 15.8 Å². The van der Waals surface area contributed by atoms with Gasteiger partial charge in [0.25, 0.3) is 5.91 Å². The van der Waals surface area contributed by atoms with E-state index in [4.69, 9.17) is 10.5 Å². The lowest BCUT2D eigenvalue weighted by Crippen LogP contribution is -2.36. The first-order chi connectivity index (χ1) is 8.04. The molecule has 17 heavy (non-hydrogen) atoms. The molecule has 0 saturated carbocycles. The van der Waals surface area contributed by atoms with Crippen LogP contribution in [0.5, 0.6) is 5.75 Å². The third-order valence-electron chi connectivity index (χ3n) is 2.35. The number of amides is 1.